The number of hydrogen-bond donors (Lipinski definition) is 2. The quantitative estimate of drug-likeness (QED) is 0.737. The molecule has 0 atom stereocenters. The van der Waals surface area contributed by atoms with Crippen LogP contribution in [-0.2, 0) is 0 Å². The summed E-state index contributed by atoms with van der Waals surface area (Å²) >= 11 is 1.53. The average Bonchev–Trinajstić information content (AvgIpc) is 2.55. The molecule has 0 amide bonds. The number of H-pyrrole nitrogens is 1. The molecule has 0 radical (unpaired) electrons. The summed E-state index contributed by atoms with van der Waals surface area (Å²) in [5, 5.41) is 2.77. The van der Waals surface area contributed by atoms with Crippen LogP contribution in [0.1, 0.15) is 0 Å². The van der Waals surface area contributed by atoms with Crippen LogP contribution in [-0.4, -0.2) is 15.0 Å². The van der Waals surface area contributed by atoms with Crippen molar-refractivity contribution in [2.24, 2.45) is 0 Å². The highest BCUT2D eigenvalue weighted by molar-refractivity contribution is 7.13. The van der Waals surface area contributed by atoms with Crippen molar-refractivity contribution in [3.05, 3.63) is 17.9 Å². The largest absolute Gasteiger partial charge is 0.382 e. The Morgan fingerprint density at radius 1 is 1.42 bits per heavy atom. The first-order valence-corrected chi connectivity index (χ1v) is 3.94. The topological polar surface area (TPSA) is 67.6 Å². The number of aromatic amines is 1. The number of nitrogens with two attached hydrogens (primary N) is 1. The number of aromatic nitrogens is 3. The lowest BCUT2D eigenvalue weighted by Gasteiger charge is -1.89. The van der Waals surface area contributed by atoms with Crippen molar-refractivity contribution >= 4 is 29.6 Å². The fourth-order valence-corrected chi connectivity index (χ4v) is 1.48. The van der Waals surface area contributed by atoms with E-state index >= 15 is 0 Å². The van der Waals surface area contributed by atoms with Gasteiger partial charge in [0.15, 0.2) is 5.82 Å². The SMILES string of the molecule is Cl.Nc1nc[nH]c1-c1nccs1. The molecule has 0 aromatic carbocycles. The van der Waals surface area contributed by atoms with Crippen molar-refractivity contribution < 1.29 is 0 Å². The molecule has 0 fully saturated rings. The number of thiazole rings is 1. The number of halogens is 1. The number of nitrogen functional groups attached to an aromatic ring is 1. The second-order valence-electron chi connectivity index (χ2n) is 2.00. The van der Waals surface area contributed by atoms with Gasteiger partial charge in [-0.1, -0.05) is 0 Å². The maximum absolute atomic E-state index is 5.56. The molecule has 64 valence electrons. The van der Waals surface area contributed by atoms with E-state index in [-0.39, 0.29) is 12.4 Å². The minimum Gasteiger partial charge on any atom is -0.382 e. The molecule has 12 heavy (non-hydrogen) atoms. The summed E-state index contributed by atoms with van der Waals surface area (Å²) in [4.78, 5) is 10.9. The summed E-state index contributed by atoms with van der Waals surface area (Å²) < 4.78 is 0. The van der Waals surface area contributed by atoms with Crippen molar-refractivity contribution in [1.82, 2.24) is 15.0 Å². The van der Waals surface area contributed by atoms with Crippen LogP contribution in [0.15, 0.2) is 17.9 Å². The normalized spacial score (nSPS) is 9.33. The summed E-state index contributed by atoms with van der Waals surface area (Å²) in [6.45, 7) is 0. The maximum Gasteiger partial charge on any atom is 0.152 e. The van der Waals surface area contributed by atoms with Crippen molar-refractivity contribution in [2.45, 2.75) is 0 Å². The van der Waals surface area contributed by atoms with Gasteiger partial charge in [-0.25, -0.2) is 9.97 Å². The van der Waals surface area contributed by atoms with Crippen LogP contribution < -0.4 is 5.73 Å². The monoisotopic (exact) mass is 202 g/mol. The van der Waals surface area contributed by atoms with Gasteiger partial charge in [-0.15, -0.1) is 23.7 Å². The molecule has 0 spiro atoms. The van der Waals surface area contributed by atoms with Crippen molar-refractivity contribution in [1.29, 1.82) is 0 Å². The molecule has 0 bridgehead atoms. The van der Waals surface area contributed by atoms with Crippen LogP contribution in [0.5, 0.6) is 0 Å². The molecule has 0 saturated heterocycles. The molecule has 2 aromatic heterocycles. The zero-order chi connectivity index (χ0) is 7.68. The van der Waals surface area contributed by atoms with Gasteiger partial charge in [-0.05, 0) is 0 Å². The third-order valence-electron chi connectivity index (χ3n) is 1.31. The molecule has 0 aliphatic rings. The van der Waals surface area contributed by atoms with Crippen LogP contribution in [0.4, 0.5) is 5.82 Å². The van der Waals surface area contributed by atoms with E-state index in [1.165, 1.54) is 11.3 Å². The van der Waals surface area contributed by atoms with Gasteiger partial charge in [0.2, 0.25) is 0 Å². The average molecular weight is 203 g/mol. The highest BCUT2D eigenvalue weighted by atomic mass is 35.5. The lowest BCUT2D eigenvalue weighted by molar-refractivity contribution is 1.30. The van der Waals surface area contributed by atoms with Crippen LogP contribution >= 0.6 is 23.7 Å². The number of rotatable bonds is 1. The molecule has 2 rings (SSSR count). The van der Waals surface area contributed by atoms with Gasteiger partial charge in [-0.2, -0.15) is 0 Å². The highest BCUT2D eigenvalue weighted by Gasteiger charge is 2.05. The van der Waals surface area contributed by atoms with Crippen LogP contribution in [0.2, 0.25) is 0 Å². The third-order valence-corrected chi connectivity index (χ3v) is 2.11. The molecular formula is C6H7ClN4S. The predicted octanol–water partition coefficient (Wildman–Crippen LogP) is 1.54. The van der Waals surface area contributed by atoms with Crippen LogP contribution in [0, 0.1) is 0 Å². The summed E-state index contributed by atoms with van der Waals surface area (Å²) in [6, 6.07) is 0. The van der Waals surface area contributed by atoms with Gasteiger partial charge in [0.25, 0.3) is 0 Å². The molecule has 0 aliphatic heterocycles. The first-order valence-electron chi connectivity index (χ1n) is 3.06. The maximum atomic E-state index is 5.56. The number of hydrogen-bond acceptors (Lipinski definition) is 4. The minimum atomic E-state index is 0. The number of anilines is 1. The van der Waals surface area contributed by atoms with Gasteiger partial charge < -0.3 is 10.7 Å². The van der Waals surface area contributed by atoms with Crippen LogP contribution in [0.3, 0.4) is 0 Å². The first kappa shape index (κ1) is 9.02. The van der Waals surface area contributed by atoms with E-state index in [2.05, 4.69) is 15.0 Å². The fourth-order valence-electron chi connectivity index (χ4n) is 0.823. The summed E-state index contributed by atoms with van der Waals surface area (Å²) in [5.41, 5.74) is 6.36. The third kappa shape index (κ3) is 1.41. The summed E-state index contributed by atoms with van der Waals surface area (Å²) in [6.07, 6.45) is 3.30. The van der Waals surface area contributed by atoms with E-state index in [1.54, 1.807) is 12.5 Å². The molecular weight excluding hydrogens is 196 g/mol. The molecule has 3 N–H and O–H groups in total. The van der Waals surface area contributed by atoms with Crippen LogP contribution in [0.25, 0.3) is 10.7 Å². The van der Waals surface area contributed by atoms with Gasteiger partial charge in [0, 0.05) is 11.6 Å². The van der Waals surface area contributed by atoms with Gasteiger partial charge in [0.05, 0.1) is 6.33 Å². The zero-order valence-electron chi connectivity index (χ0n) is 6.02. The second-order valence-corrected chi connectivity index (χ2v) is 2.89. The van der Waals surface area contributed by atoms with E-state index in [9.17, 15) is 0 Å². The van der Waals surface area contributed by atoms with E-state index in [0.29, 0.717) is 5.82 Å². The van der Waals surface area contributed by atoms with Crippen molar-refractivity contribution in [3.63, 3.8) is 0 Å². The first-order chi connectivity index (χ1) is 5.38. The minimum absolute atomic E-state index is 0. The lowest BCUT2D eigenvalue weighted by Crippen LogP contribution is -1.87. The Kier molecular flexibility index (Phi) is 2.67. The second kappa shape index (κ2) is 3.55. The lowest BCUT2D eigenvalue weighted by atomic mass is 10.5. The number of nitrogens with zero attached hydrogens (tertiary/aromatic N) is 2. The predicted molar refractivity (Wildman–Crippen MR) is 51.4 cm³/mol. The number of nitrogens with one attached hydrogen (secondary N) is 1. The molecule has 0 saturated carbocycles. The summed E-state index contributed by atoms with van der Waals surface area (Å²) in [7, 11) is 0. The zero-order valence-corrected chi connectivity index (χ0v) is 7.65. The number of imidazole rings is 1. The molecule has 2 aromatic rings. The highest BCUT2D eigenvalue weighted by Crippen LogP contribution is 2.23. The Morgan fingerprint density at radius 2 is 2.25 bits per heavy atom. The molecule has 4 nitrogen and oxygen atoms in total. The Morgan fingerprint density at radius 3 is 2.75 bits per heavy atom. The molecule has 0 aliphatic carbocycles. The van der Waals surface area contributed by atoms with Gasteiger partial charge in [0.1, 0.15) is 10.7 Å². The van der Waals surface area contributed by atoms with E-state index in [4.69, 9.17) is 5.73 Å². The summed E-state index contributed by atoms with van der Waals surface area (Å²) in [5.74, 6) is 0.500. The van der Waals surface area contributed by atoms with Gasteiger partial charge >= 0.3 is 0 Å². The fraction of sp³-hybridized carbons (Fsp3) is 0. The van der Waals surface area contributed by atoms with Crippen molar-refractivity contribution in [3.8, 4) is 10.7 Å². The Hall–Kier alpha value is -1.07. The van der Waals surface area contributed by atoms with Crippen molar-refractivity contribution in [2.75, 3.05) is 5.73 Å². The van der Waals surface area contributed by atoms with E-state index < -0.39 is 0 Å². The van der Waals surface area contributed by atoms with E-state index in [0.717, 1.165) is 10.7 Å². The Balaban J connectivity index is 0.000000720. The van der Waals surface area contributed by atoms with Gasteiger partial charge in [-0.3, -0.25) is 0 Å². The molecule has 2 heterocycles. The standard InChI is InChI=1S/C6H6N4S.ClH/c7-5-4(9-3-10-5)6-8-1-2-11-6;/h1-3H,7H2,(H,9,10);1H. The Labute approximate surface area is 79.3 Å². The molecule has 6 heteroatoms. The smallest absolute Gasteiger partial charge is 0.152 e. The molecule has 0 unspecified atom stereocenters. The van der Waals surface area contributed by atoms with E-state index in [1.807, 2.05) is 5.38 Å². The Bertz CT molecular complexity index is 342.